The lowest BCUT2D eigenvalue weighted by atomic mass is 10.0. The molecule has 0 aromatic heterocycles. The number of hydrogen-bond donors (Lipinski definition) is 3. The third-order valence-corrected chi connectivity index (χ3v) is 4.74. The predicted octanol–water partition coefficient (Wildman–Crippen LogP) is 2.84. The lowest BCUT2D eigenvalue weighted by Crippen LogP contribution is -2.39. The van der Waals surface area contributed by atoms with Gasteiger partial charge in [0.15, 0.2) is 5.96 Å². The van der Waals surface area contributed by atoms with Crippen molar-refractivity contribution in [3.05, 3.63) is 71.3 Å². The molecule has 0 aliphatic carbocycles. The van der Waals surface area contributed by atoms with Crippen molar-refractivity contribution in [2.24, 2.45) is 4.99 Å². The van der Waals surface area contributed by atoms with E-state index in [-0.39, 0.29) is 5.91 Å². The van der Waals surface area contributed by atoms with Crippen LogP contribution in [0, 0.1) is 0 Å². The first-order chi connectivity index (χ1) is 14.5. The average Bonchev–Trinajstić information content (AvgIpc) is 2.76. The molecule has 0 bridgehead atoms. The molecule has 1 unspecified atom stereocenters. The molecular weight excluding hydrogens is 374 g/mol. The molecule has 1 atom stereocenters. The molecule has 0 heterocycles. The second kappa shape index (κ2) is 12.6. The number of nitrogens with zero attached hydrogens (tertiary/aromatic N) is 2. The van der Waals surface area contributed by atoms with Gasteiger partial charge < -0.3 is 20.9 Å². The summed E-state index contributed by atoms with van der Waals surface area (Å²) in [4.78, 5) is 19.1. The predicted molar refractivity (Wildman–Crippen MR) is 125 cm³/mol. The fourth-order valence-corrected chi connectivity index (χ4v) is 2.97. The molecule has 0 aliphatic heterocycles. The van der Waals surface area contributed by atoms with Gasteiger partial charge in [0, 0.05) is 31.7 Å². The normalized spacial score (nSPS) is 12.5. The van der Waals surface area contributed by atoms with Crippen LogP contribution in [0.15, 0.2) is 59.6 Å². The van der Waals surface area contributed by atoms with Crippen molar-refractivity contribution in [3.8, 4) is 0 Å². The van der Waals surface area contributed by atoms with E-state index in [0.717, 1.165) is 31.2 Å². The van der Waals surface area contributed by atoms with Crippen molar-refractivity contribution >= 4 is 11.9 Å². The molecule has 1 amide bonds. The van der Waals surface area contributed by atoms with E-state index in [1.165, 1.54) is 5.56 Å². The van der Waals surface area contributed by atoms with Crippen LogP contribution in [0.3, 0.4) is 0 Å². The molecule has 0 aliphatic rings. The highest BCUT2D eigenvalue weighted by Crippen LogP contribution is 2.13. The van der Waals surface area contributed by atoms with Crippen LogP contribution in [0.2, 0.25) is 0 Å². The van der Waals surface area contributed by atoms with E-state index in [9.17, 15) is 4.79 Å². The molecule has 0 saturated carbocycles. The van der Waals surface area contributed by atoms with Crippen LogP contribution in [-0.2, 0) is 6.54 Å². The largest absolute Gasteiger partial charge is 0.357 e. The van der Waals surface area contributed by atoms with E-state index in [1.807, 2.05) is 49.3 Å². The average molecular weight is 410 g/mol. The van der Waals surface area contributed by atoms with Gasteiger partial charge in [0.05, 0.1) is 6.54 Å². The SMILES string of the molecule is CCNC(=NCc1cccc(C(=O)NCCN(C)C)c1)NCC(C)c1ccccc1. The van der Waals surface area contributed by atoms with Gasteiger partial charge in [-0.2, -0.15) is 0 Å². The van der Waals surface area contributed by atoms with Crippen LogP contribution in [0.25, 0.3) is 0 Å². The molecule has 30 heavy (non-hydrogen) atoms. The second-order valence-electron chi connectivity index (χ2n) is 7.65. The fourth-order valence-electron chi connectivity index (χ4n) is 2.97. The molecule has 2 aromatic carbocycles. The maximum absolute atomic E-state index is 12.3. The first kappa shape index (κ1) is 23.4. The summed E-state index contributed by atoms with van der Waals surface area (Å²) in [7, 11) is 3.97. The van der Waals surface area contributed by atoms with Gasteiger partial charge in [0.25, 0.3) is 5.91 Å². The fraction of sp³-hybridized carbons (Fsp3) is 0.417. The van der Waals surface area contributed by atoms with Crippen LogP contribution in [0.5, 0.6) is 0 Å². The molecule has 0 saturated heterocycles. The van der Waals surface area contributed by atoms with E-state index < -0.39 is 0 Å². The summed E-state index contributed by atoms with van der Waals surface area (Å²) in [5.74, 6) is 1.11. The lowest BCUT2D eigenvalue weighted by Gasteiger charge is -2.16. The maximum atomic E-state index is 12.3. The van der Waals surface area contributed by atoms with Gasteiger partial charge in [0.1, 0.15) is 0 Å². The molecule has 6 heteroatoms. The topological polar surface area (TPSA) is 68.8 Å². The number of nitrogens with one attached hydrogen (secondary N) is 3. The van der Waals surface area contributed by atoms with Crippen LogP contribution < -0.4 is 16.0 Å². The zero-order chi connectivity index (χ0) is 21.8. The van der Waals surface area contributed by atoms with Gasteiger partial charge in [-0.15, -0.1) is 0 Å². The van der Waals surface area contributed by atoms with Crippen molar-refractivity contribution in [2.45, 2.75) is 26.3 Å². The number of carbonyl (C=O) groups is 1. The summed E-state index contributed by atoms with van der Waals surface area (Å²) in [6.07, 6.45) is 0. The number of rotatable bonds is 10. The first-order valence-electron chi connectivity index (χ1n) is 10.6. The van der Waals surface area contributed by atoms with Crippen LogP contribution >= 0.6 is 0 Å². The lowest BCUT2D eigenvalue weighted by molar-refractivity contribution is 0.0951. The Kier molecular flexibility index (Phi) is 9.87. The van der Waals surface area contributed by atoms with Crippen molar-refractivity contribution < 1.29 is 4.79 Å². The summed E-state index contributed by atoms with van der Waals surface area (Å²) in [5.41, 5.74) is 2.97. The van der Waals surface area contributed by atoms with Gasteiger partial charge in [-0.05, 0) is 50.2 Å². The number of benzene rings is 2. The van der Waals surface area contributed by atoms with Gasteiger partial charge in [-0.25, -0.2) is 4.99 Å². The number of aliphatic imine (C=N–C) groups is 1. The molecule has 162 valence electrons. The molecule has 2 rings (SSSR count). The Morgan fingerprint density at radius 3 is 2.50 bits per heavy atom. The third-order valence-electron chi connectivity index (χ3n) is 4.74. The van der Waals surface area contributed by atoms with Crippen molar-refractivity contribution in [1.29, 1.82) is 0 Å². The number of hydrogen-bond acceptors (Lipinski definition) is 3. The molecule has 0 fully saturated rings. The summed E-state index contributed by atoms with van der Waals surface area (Å²) < 4.78 is 0. The summed E-state index contributed by atoms with van der Waals surface area (Å²) in [6.45, 7) is 7.79. The highest BCUT2D eigenvalue weighted by Gasteiger charge is 2.08. The van der Waals surface area contributed by atoms with Crippen molar-refractivity contribution in [3.63, 3.8) is 0 Å². The van der Waals surface area contributed by atoms with E-state index >= 15 is 0 Å². The Morgan fingerprint density at radius 2 is 1.80 bits per heavy atom. The Hall–Kier alpha value is -2.86. The summed E-state index contributed by atoms with van der Waals surface area (Å²) >= 11 is 0. The van der Waals surface area contributed by atoms with Crippen LogP contribution in [0.4, 0.5) is 0 Å². The highest BCUT2D eigenvalue weighted by molar-refractivity contribution is 5.94. The van der Waals surface area contributed by atoms with Crippen molar-refractivity contribution in [2.75, 3.05) is 40.3 Å². The first-order valence-corrected chi connectivity index (χ1v) is 10.6. The Bertz CT molecular complexity index is 804. The quantitative estimate of drug-likeness (QED) is 0.417. The molecule has 0 spiro atoms. The van der Waals surface area contributed by atoms with Gasteiger partial charge in [-0.3, -0.25) is 4.79 Å². The molecule has 0 radical (unpaired) electrons. The van der Waals surface area contributed by atoms with Gasteiger partial charge >= 0.3 is 0 Å². The maximum Gasteiger partial charge on any atom is 0.251 e. The smallest absolute Gasteiger partial charge is 0.251 e. The number of likely N-dealkylation sites (N-methyl/N-ethyl adjacent to an activating group) is 1. The molecule has 2 aromatic rings. The number of carbonyl (C=O) groups excluding carboxylic acids is 1. The van der Waals surface area contributed by atoms with Crippen LogP contribution in [-0.4, -0.2) is 57.0 Å². The Morgan fingerprint density at radius 1 is 1.03 bits per heavy atom. The van der Waals surface area contributed by atoms with E-state index in [0.29, 0.717) is 24.6 Å². The highest BCUT2D eigenvalue weighted by atomic mass is 16.1. The standard InChI is InChI=1S/C24H35N5O/c1-5-25-24(27-17-19(2)21-11-7-6-8-12-21)28-18-20-10-9-13-22(16-20)23(30)26-14-15-29(3)4/h6-13,16,19H,5,14-15,17-18H2,1-4H3,(H,26,30)(H2,25,27,28). The zero-order valence-corrected chi connectivity index (χ0v) is 18.6. The Balaban J connectivity index is 1.94. The molecule has 3 N–H and O–H groups in total. The van der Waals surface area contributed by atoms with Crippen molar-refractivity contribution in [1.82, 2.24) is 20.9 Å². The molecule has 6 nitrogen and oxygen atoms in total. The van der Waals surface area contributed by atoms with E-state index in [2.05, 4.69) is 54.1 Å². The summed E-state index contributed by atoms with van der Waals surface area (Å²) in [6, 6.07) is 18.1. The second-order valence-corrected chi connectivity index (χ2v) is 7.65. The van der Waals surface area contributed by atoms with Gasteiger partial charge in [0.2, 0.25) is 0 Å². The monoisotopic (exact) mass is 409 g/mol. The van der Waals surface area contributed by atoms with Crippen LogP contribution in [0.1, 0.15) is 41.3 Å². The minimum absolute atomic E-state index is 0.0515. The minimum Gasteiger partial charge on any atom is -0.357 e. The van der Waals surface area contributed by atoms with Gasteiger partial charge in [-0.1, -0.05) is 49.4 Å². The number of amides is 1. The molecular formula is C24H35N5O. The number of guanidine groups is 1. The summed E-state index contributed by atoms with van der Waals surface area (Å²) in [5, 5.41) is 9.66. The Labute approximate surface area is 180 Å². The van der Waals surface area contributed by atoms with E-state index in [1.54, 1.807) is 0 Å². The zero-order valence-electron chi connectivity index (χ0n) is 18.6. The van der Waals surface area contributed by atoms with E-state index in [4.69, 9.17) is 4.99 Å². The minimum atomic E-state index is -0.0515. The third kappa shape index (κ3) is 8.25.